The fourth-order valence-corrected chi connectivity index (χ4v) is 5.37. The van der Waals surface area contributed by atoms with Crippen LogP contribution in [-0.2, 0) is 10.0 Å². The van der Waals surface area contributed by atoms with E-state index in [9.17, 15) is 13.3 Å². The molecule has 0 spiro atoms. The van der Waals surface area contributed by atoms with Crippen LogP contribution in [0.1, 0.15) is 13.8 Å². The lowest BCUT2D eigenvalue weighted by Gasteiger charge is -2.27. The summed E-state index contributed by atoms with van der Waals surface area (Å²) in [6, 6.07) is 4.45. The Bertz CT molecular complexity index is 801. The van der Waals surface area contributed by atoms with E-state index in [4.69, 9.17) is 11.6 Å². The molecule has 2 rings (SSSR count). The van der Waals surface area contributed by atoms with Gasteiger partial charge in [0.1, 0.15) is 5.69 Å². The van der Waals surface area contributed by atoms with Crippen molar-refractivity contribution in [3.8, 4) is 0 Å². The first-order chi connectivity index (χ1) is 11.9. The highest BCUT2D eigenvalue weighted by Gasteiger charge is 2.29. The largest absolute Gasteiger partial charge is 0.314 e. The van der Waals surface area contributed by atoms with Crippen LogP contribution in [-0.4, -0.2) is 38.9 Å². The maximum atomic E-state index is 13.0. The molecule has 1 fully saturated rings. The second-order valence-corrected chi connectivity index (χ2v) is 9.04. The topological polar surface area (TPSA) is 78.8 Å². The van der Waals surface area contributed by atoms with Crippen molar-refractivity contribution in [2.75, 3.05) is 26.2 Å². The van der Waals surface area contributed by atoms with Gasteiger partial charge in [-0.3, -0.25) is 0 Å². The van der Waals surface area contributed by atoms with Crippen molar-refractivity contribution in [3.63, 3.8) is 0 Å². The van der Waals surface area contributed by atoms with Gasteiger partial charge in [-0.15, -0.1) is 4.91 Å². The number of thioether (sulfide) groups is 1. The van der Waals surface area contributed by atoms with Crippen LogP contribution in [0.4, 0.5) is 5.69 Å². The zero-order chi connectivity index (χ0) is 18.4. The molecule has 0 aromatic heterocycles. The van der Waals surface area contributed by atoms with Crippen molar-refractivity contribution in [2.45, 2.75) is 23.6 Å². The number of allylic oxidation sites excluding steroid dienone is 4. The maximum Gasteiger partial charge on any atom is 0.244 e. The average molecular weight is 402 g/mol. The van der Waals surface area contributed by atoms with Crippen LogP contribution >= 0.6 is 23.4 Å². The summed E-state index contributed by atoms with van der Waals surface area (Å²) in [7, 11) is -3.71. The molecule has 1 aromatic rings. The number of halogens is 1. The van der Waals surface area contributed by atoms with Gasteiger partial charge in [-0.05, 0) is 48.2 Å². The summed E-state index contributed by atoms with van der Waals surface area (Å²) < 4.78 is 27.5. The molecule has 25 heavy (non-hydrogen) atoms. The Kier molecular flexibility index (Phi) is 7.21. The molecule has 0 radical (unpaired) electrons. The highest BCUT2D eigenvalue weighted by atomic mass is 35.5. The summed E-state index contributed by atoms with van der Waals surface area (Å²) in [6.07, 6.45) is 3.52. The van der Waals surface area contributed by atoms with Gasteiger partial charge in [0.2, 0.25) is 10.0 Å². The van der Waals surface area contributed by atoms with E-state index in [0.29, 0.717) is 36.1 Å². The van der Waals surface area contributed by atoms with Crippen LogP contribution in [0.3, 0.4) is 0 Å². The van der Waals surface area contributed by atoms with Crippen LogP contribution < -0.4 is 5.32 Å². The molecule has 0 bridgehead atoms. The number of sulfonamides is 1. The third-order valence-corrected chi connectivity index (χ3v) is 7.03. The molecule has 1 saturated heterocycles. The minimum Gasteiger partial charge on any atom is -0.314 e. The van der Waals surface area contributed by atoms with Crippen molar-refractivity contribution >= 4 is 39.1 Å². The van der Waals surface area contributed by atoms with Crippen molar-refractivity contribution in [1.29, 1.82) is 0 Å². The predicted octanol–water partition coefficient (Wildman–Crippen LogP) is 3.82. The molecule has 1 aliphatic rings. The van der Waals surface area contributed by atoms with Crippen LogP contribution in [0.5, 0.6) is 0 Å². The van der Waals surface area contributed by atoms with Gasteiger partial charge in [0.05, 0.1) is 4.90 Å². The molecule has 0 amide bonds. The Balaban J connectivity index is 2.44. The Hall–Kier alpha value is -1.19. The molecule has 6 nitrogen and oxygen atoms in total. The van der Waals surface area contributed by atoms with E-state index in [2.05, 4.69) is 10.5 Å². The third kappa shape index (κ3) is 5.15. The minimum absolute atomic E-state index is 0.0891. The van der Waals surface area contributed by atoms with Gasteiger partial charge in [0, 0.05) is 36.1 Å². The van der Waals surface area contributed by atoms with E-state index in [1.54, 1.807) is 18.2 Å². The van der Waals surface area contributed by atoms with Gasteiger partial charge in [-0.2, -0.15) is 4.31 Å². The lowest BCUT2D eigenvalue weighted by Crippen LogP contribution is -2.46. The van der Waals surface area contributed by atoms with Gasteiger partial charge >= 0.3 is 0 Å². The summed E-state index contributed by atoms with van der Waals surface area (Å²) in [5, 5.41) is 6.57. The molecule has 1 aliphatic heterocycles. The van der Waals surface area contributed by atoms with Crippen LogP contribution in [0.2, 0.25) is 0 Å². The standard InChI is InChI=1S/C16H20ClN3O3S2/c1-3-13(17)10-12(2)24-15-5-4-14(19-21)11-16(15)25(22,23)20-8-6-18-7-9-20/h3-5,10-11,18H,6-9H2,1-2H3/b12-10+,13-3+. The second-order valence-electron chi connectivity index (χ2n) is 5.41. The monoisotopic (exact) mass is 401 g/mol. The van der Waals surface area contributed by atoms with Crippen molar-refractivity contribution in [2.24, 2.45) is 5.18 Å². The number of nitroso groups, excluding NO2 is 1. The predicted molar refractivity (Wildman–Crippen MR) is 103 cm³/mol. The normalized spacial score (nSPS) is 17.6. The number of nitrogens with one attached hydrogen (secondary N) is 1. The van der Waals surface area contributed by atoms with Gasteiger partial charge in [-0.1, -0.05) is 29.4 Å². The zero-order valence-corrected chi connectivity index (χ0v) is 16.4. The Labute approximate surface area is 157 Å². The van der Waals surface area contributed by atoms with E-state index in [0.717, 1.165) is 4.91 Å². The van der Waals surface area contributed by atoms with Crippen molar-refractivity contribution in [3.05, 3.63) is 45.2 Å². The molecule has 0 saturated carbocycles. The molecule has 9 heteroatoms. The lowest BCUT2D eigenvalue weighted by molar-refractivity contribution is 0.359. The SMILES string of the molecule is C/C=C(Cl)\C=C(/C)Sc1ccc(N=O)cc1S(=O)(=O)N1CCNCC1. The third-order valence-electron chi connectivity index (χ3n) is 3.61. The van der Waals surface area contributed by atoms with E-state index in [1.807, 2.05) is 13.8 Å². The van der Waals surface area contributed by atoms with Gasteiger partial charge in [0.25, 0.3) is 0 Å². The van der Waals surface area contributed by atoms with E-state index < -0.39 is 10.0 Å². The van der Waals surface area contributed by atoms with Gasteiger partial charge < -0.3 is 5.32 Å². The number of hydrogen-bond acceptors (Lipinski definition) is 6. The number of rotatable bonds is 6. The highest BCUT2D eigenvalue weighted by Crippen LogP contribution is 2.36. The zero-order valence-electron chi connectivity index (χ0n) is 14.0. The first-order valence-electron chi connectivity index (χ1n) is 7.74. The summed E-state index contributed by atoms with van der Waals surface area (Å²) in [5.74, 6) is 0. The Morgan fingerprint density at radius 3 is 2.64 bits per heavy atom. The van der Waals surface area contributed by atoms with E-state index in [1.165, 1.54) is 28.2 Å². The molecule has 0 aliphatic carbocycles. The summed E-state index contributed by atoms with van der Waals surface area (Å²) in [6.45, 7) is 5.66. The van der Waals surface area contributed by atoms with Gasteiger partial charge in [0.15, 0.2) is 0 Å². The van der Waals surface area contributed by atoms with Crippen molar-refractivity contribution < 1.29 is 8.42 Å². The molecule has 1 N–H and O–H groups in total. The molecule has 0 unspecified atom stereocenters. The number of hydrogen-bond donors (Lipinski definition) is 1. The Morgan fingerprint density at radius 1 is 1.36 bits per heavy atom. The molecule has 1 aromatic carbocycles. The average Bonchev–Trinajstić information content (AvgIpc) is 2.62. The first kappa shape index (κ1) is 20.1. The second kappa shape index (κ2) is 8.95. The highest BCUT2D eigenvalue weighted by molar-refractivity contribution is 8.03. The first-order valence-corrected chi connectivity index (χ1v) is 10.4. The summed E-state index contributed by atoms with van der Waals surface area (Å²) >= 11 is 7.30. The van der Waals surface area contributed by atoms with Crippen LogP contribution in [0.15, 0.2) is 55.3 Å². The van der Waals surface area contributed by atoms with Crippen LogP contribution in [0.25, 0.3) is 0 Å². The number of benzene rings is 1. The molecular weight excluding hydrogens is 382 g/mol. The van der Waals surface area contributed by atoms with Crippen molar-refractivity contribution in [1.82, 2.24) is 9.62 Å². The molecule has 0 atom stereocenters. The van der Waals surface area contributed by atoms with E-state index >= 15 is 0 Å². The van der Waals surface area contributed by atoms with E-state index in [-0.39, 0.29) is 10.6 Å². The van der Waals surface area contributed by atoms with Crippen LogP contribution in [0, 0.1) is 4.91 Å². The quantitative estimate of drug-likeness (QED) is 0.445. The molecule has 136 valence electrons. The number of nitrogens with zero attached hydrogens (tertiary/aromatic N) is 2. The summed E-state index contributed by atoms with van der Waals surface area (Å²) in [4.78, 5) is 12.3. The maximum absolute atomic E-state index is 13.0. The van der Waals surface area contributed by atoms with Gasteiger partial charge in [-0.25, -0.2) is 8.42 Å². The smallest absolute Gasteiger partial charge is 0.244 e. The lowest BCUT2D eigenvalue weighted by atomic mass is 10.3. The summed E-state index contributed by atoms with van der Waals surface area (Å²) in [5.41, 5.74) is 0.0891. The Morgan fingerprint density at radius 2 is 2.04 bits per heavy atom. The number of piperazine rings is 1. The fraction of sp³-hybridized carbons (Fsp3) is 0.375. The fourth-order valence-electron chi connectivity index (χ4n) is 2.34. The minimum atomic E-state index is -3.71. The molecular formula is C16H20ClN3O3S2. The molecule has 1 heterocycles.